The normalized spacial score (nSPS) is 18.4. The van der Waals surface area contributed by atoms with Crippen LogP contribution in [0.2, 0.25) is 0 Å². The molecule has 122 valence electrons. The van der Waals surface area contributed by atoms with Crippen molar-refractivity contribution in [3.05, 3.63) is 23.8 Å². The van der Waals surface area contributed by atoms with E-state index in [-0.39, 0.29) is 11.9 Å². The molecule has 6 heteroatoms. The van der Waals surface area contributed by atoms with E-state index in [0.717, 1.165) is 6.54 Å². The third kappa shape index (κ3) is 3.51. The highest BCUT2D eigenvalue weighted by molar-refractivity contribution is 5.98. The summed E-state index contributed by atoms with van der Waals surface area (Å²) in [5.41, 5.74) is 0.521. The largest absolute Gasteiger partial charge is 0.493 e. The summed E-state index contributed by atoms with van der Waals surface area (Å²) < 4.78 is 16.2. The number of para-hydroxylation sites is 1. The van der Waals surface area contributed by atoms with Gasteiger partial charge in [-0.2, -0.15) is 0 Å². The lowest BCUT2D eigenvalue weighted by Crippen LogP contribution is -2.52. The average molecular weight is 308 g/mol. The molecule has 0 aromatic heterocycles. The van der Waals surface area contributed by atoms with Crippen molar-refractivity contribution in [2.24, 2.45) is 0 Å². The Kier molecular flexibility index (Phi) is 5.63. The molecule has 1 aromatic carbocycles. The molecule has 0 radical (unpaired) electrons. The zero-order valence-corrected chi connectivity index (χ0v) is 13.7. The molecule has 1 amide bonds. The summed E-state index contributed by atoms with van der Waals surface area (Å²) in [6.45, 7) is 2.45. The number of hydrogen-bond acceptors (Lipinski definition) is 5. The van der Waals surface area contributed by atoms with Crippen molar-refractivity contribution in [1.82, 2.24) is 9.80 Å². The van der Waals surface area contributed by atoms with Crippen molar-refractivity contribution in [2.45, 2.75) is 6.04 Å². The molecule has 0 unspecified atom stereocenters. The maximum absolute atomic E-state index is 13.0. The van der Waals surface area contributed by atoms with Crippen molar-refractivity contribution < 1.29 is 19.0 Å². The van der Waals surface area contributed by atoms with Crippen molar-refractivity contribution in [3.8, 4) is 11.5 Å². The van der Waals surface area contributed by atoms with E-state index in [1.807, 2.05) is 19.0 Å². The molecule has 0 bridgehead atoms. The highest BCUT2D eigenvalue weighted by Gasteiger charge is 2.30. The first kappa shape index (κ1) is 16.6. The predicted octanol–water partition coefficient (Wildman–Crippen LogP) is 1.11. The van der Waals surface area contributed by atoms with Gasteiger partial charge in [0.25, 0.3) is 5.91 Å². The van der Waals surface area contributed by atoms with Crippen LogP contribution in [0.3, 0.4) is 0 Å². The molecule has 1 heterocycles. The van der Waals surface area contributed by atoms with Crippen LogP contribution in [-0.2, 0) is 4.74 Å². The van der Waals surface area contributed by atoms with Gasteiger partial charge in [0, 0.05) is 13.1 Å². The van der Waals surface area contributed by atoms with Crippen LogP contribution in [0.5, 0.6) is 11.5 Å². The number of amides is 1. The van der Waals surface area contributed by atoms with E-state index in [1.165, 1.54) is 0 Å². The third-order valence-corrected chi connectivity index (χ3v) is 3.70. The molecule has 22 heavy (non-hydrogen) atoms. The van der Waals surface area contributed by atoms with E-state index < -0.39 is 0 Å². The van der Waals surface area contributed by atoms with Gasteiger partial charge in [0.05, 0.1) is 39.0 Å². The Hall–Kier alpha value is -1.79. The summed E-state index contributed by atoms with van der Waals surface area (Å²) in [7, 11) is 7.09. The number of carbonyl (C=O) groups excluding carboxylic acids is 1. The molecule has 1 atom stereocenters. The van der Waals surface area contributed by atoms with Crippen molar-refractivity contribution in [3.63, 3.8) is 0 Å². The van der Waals surface area contributed by atoms with Gasteiger partial charge >= 0.3 is 0 Å². The van der Waals surface area contributed by atoms with Crippen LogP contribution in [0.25, 0.3) is 0 Å². The zero-order valence-electron chi connectivity index (χ0n) is 13.7. The highest BCUT2D eigenvalue weighted by atomic mass is 16.5. The number of hydrogen-bond donors (Lipinski definition) is 0. The van der Waals surface area contributed by atoms with E-state index in [2.05, 4.69) is 4.90 Å². The summed E-state index contributed by atoms with van der Waals surface area (Å²) in [5.74, 6) is 0.988. The number of benzene rings is 1. The molecule has 6 nitrogen and oxygen atoms in total. The minimum Gasteiger partial charge on any atom is -0.493 e. The molecule has 1 saturated heterocycles. The van der Waals surface area contributed by atoms with E-state index >= 15 is 0 Å². The number of morpholine rings is 1. The van der Waals surface area contributed by atoms with Crippen molar-refractivity contribution in [2.75, 3.05) is 54.6 Å². The molecule has 0 aliphatic carbocycles. The average Bonchev–Trinajstić information content (AvgIpc) is 2.53. The highest BCUT2D eigenvalue weighted by Crippen LogP contribution is 2.32. The Morgan fingerprint density at radius 2 is 2.14 bits per heavy atom. The second-order valence-corrected chi connectivity index (χ2v) is 5.53. The standard InChI is InChI=1S/C16H24N2O4/c1-17(2)10-12-11-22-9-8-18(12)16(19)13-6-5-7-14(20-3)15(13)21-4/h5-7,12H,8-11H2,1-4H3/t12-/m1/s1. The van der Waals surface area contributed by atoms with Crippen LogP contribution in [0.4, 0.5) is 0 Å². The molecule has 0 saturated carbocycles. The molecule has 1 aliphatic rings. The smallest absolute Gasteiger partial charge is 0.258 e. The molecule has 0 spiro atoms. The van der Waals surface area contributed by atoms with Gasteiger partial charge in [-0.25, -0.2) is 0 Å². The van der Waals surface area contributed by atoms with Gasteiger partial charge in [-0.15, -0.1) is 0 Å². The second kappa shape index (κ2) is 7.47. The number of rotatable bonds is 5. The first-order chi connectivity index (χ1) is 10.6. The summed E-state index contributed by atoms with van der Waals surface area (Å²) in [4.78, 5) is 16.9. The number of carbonyl (C=O) groups is 1. The lowest BCUT2D eigenvalue weighted by molar-refractivity contribution is -0.00845. The van der Waals surface area contributed by atoms with Gasteiger partial charge < -0.3 is 24.0 Å². The van der Waals surface area contributed by atoms with Crippen LogP contribution in [0.1, 0.15) is 10.4 Å². The fourth-order valence-electron chi connectivity index (χ4n) is 2.71. The minimum atomic E-state index is -0.0501. The Morgan fingerprint density at radius 3 is 2.77 bits per heavy atom. The molecular weight excluding hydrogens is 284 g/mol. The monoisotopic (exact) mass is 308 g/mol. The Morgan fingerprint density at radius 1 is 1.36 bits per heavy atom. The maximum atomic E-state index is 13.0. The lowest BCUT2D eigenvalue weighted by atomic mass is 10.1. The lowest BCUT2D eigenvalue weighted by Gasteiger charge is -2.37. The number of likely N-dealkylation sites (N-methyl/N-ethyl adjacent to an activating group) is 1. The SMILES string of the molecule is COc1cccc(C(=O)N2CCOC[C@H]2CN(C)C)c1OC. The van der Waals surface area contributed by atoms with E-state index in [0.29, 0.717) is 36.8 Å². The third-order valence-electron chi connectivity index (χ3n) is 3.70. The molecular formula is C16H24N2O4. The first-order valence-electron chi connectivity index (χ1n) is 7.33. The molecule has 2 rings (SSSR count). The van der Waals surface area contributed by atoms with E-state index in [9.17, 15) is 4.79 Å². The van der Waals surface area contributed by atoms with E-state index in [4.69, 9.17) is 14.2 Å². The van der Waals surface area contributed by atoms with Crippen molar-refractivity contribution in [1.29, 1.82) is 0 Å². The molecule has 1 aromatic rings. The fourth-order valence-corrected chi connectivity index (χ4v) is 2.71. The predicted molar refractivity (Wildman–Crippen MR) is 83.7 cm³/mol. The van der Waals surface area contributed by atoms with Gasteiger partial charge in [-0.1, -0.05) is 6.07 Å². The quantitative estimate of drug-likeness (QED) is 0.815. The van der Waals surface area contributed by atoms with Crippen LogP contribution in [-0.4, -0.2) is 76.4 Å². The Balaban J connectivity index is 2.29. The molecule has 0 N–H and O–H groups in total. The summed E-state index contributed by atoms with van der Waals surface area (Å²) in [6.07, 6.45) is 0. The summed E-state index contributed by atoms with van der Waals surface area (Å²) in [5, 5.41) is 0. The summed E-state index contributed by atoms with van der Waals surface area (Å²) >= 11 is 0. The van der Waals surface area contributed by atoms with Crippen LogP contribution in [0, 0.1) is 0 Å². The van der Waals surface area contributed by atoms with Crippen LogP contribution >= 0.6 is 0 Å². The summed E-state index contributed by atoms with van der Waals surface area (Å²) in [6, 6.07) is 5.39. The fraction of sp³-hybridized carbons (Fsp3) is 0.562. The van der Waals surface area contributed by atoms with Crippen molar-refractivity contribution >= 4 is 5.91 Å². The maximum Gasteiger partial charge on any atom is 0.258 e. The van der Waals surface area contributed by atoms with E-state index in [1.54, 1.807) is 32.4 Å². The Bertz CT molecular complexity index is 519. The van der Waals surface area contributed by atoms with Gasteiger partial charge in [0.2, 0.25) is 0 Å². The number of ether oxygens (including phenoxy) is 3. The van der Waals surface area contributed by atoms with Crippen LogP contribution < -0.4 is 9.47 Å². The van der Waals surface area contributed by atoms with Crippen LogP contribution in [0.15, 0.2) is 18.2 Å². The number of nitrogens with zero attached hydrogens (tertiary/aromatic N) is 2. The second-order valence-electron chi connectivity index (χ2n) is 5.53. The topological polar surface area (TPSA) is 51.2 Å². The van der Waals surface area contributed by atoms with Gasteiger partial charge in [-0.3, -0.25) is 4.79 Å². The number of methoxy groups -OCH3 is 2. The minimum absolute atomic E-state index is 0.0344. The Labute approximate surface area is 131 Å². The zero-order chi connectivity index (χ0) is 16.1. The molecule has 1 aliphatic heterocycles. The van der Waals surface area contributed by atoms with Gasteiger partial charge in [0.15, 0.2) is 11.5 Å². The molecule has 1 fully saturated rings. The van der Waals surface area contributed by atoms with Gasteiger partial charge in [0.1, 0.15) is 0 Å². The first-order valence-corrected chi connectivity index (χ1v) is 7.33. The van der Waals surface area contributed by atoms with Gasteiger partial charge in [-0.05, 0) is 26.2 Å².